The second-order valence-corrected chi connectivity index (χ2v) is 14.1. The van der Waals surface area contributed by atoms with Gasteiger partial charge in [0.05, 0.1) is 7.11 Å². The summed E-state index contributed by atoms with van der Waals surface area (Å²) in [5, 5.41) is 5.00. The van der Waals surface area contributed by atoms with Gasteiger partial charge in [0.15, 0.2) is 0 Å². The van der Waals surface area contributed by atoms with E-state index in [9.17, 15) is 4.57 Å². The van der Waals surface area contributed by atoms with E-state index in [1.807, 2.05) is 26.0 Å². The van der Waals surface area contributed by atoms with Crippen LogP contribution in [0.1, 0.15) is 49.3 Å². The normalized spacial score (nSPS) is 23.4. The molecule has 0 spiro atoms. The minimum atomic E-state index is -2.36. The molecule has 3 aliphatic heterocycles. The van der Waals surface area contributed by atoms with E-state index in [1.54, 1.807) is 7.11 Å². The van der Waals surface area contributed by atoms with Crippen molar-refractivity contribution in [2.45, 2.75) is 51.2 Å². The predicted molar refractivity (Wildman–Crippen MR) is 155 cm³/mol. The Kier molecular flexibility index (Phi) is 8.19. The smallest absolute Gasteiger partial charge is 0.123 e. The maximum Gasteiger partial charge on any atom is 0.123 e. The lowest BCUT2D eigenvalue weighted by Gasteiger charge is -2.54. The molecule has 0 amide bonds. The van der Waals surface area contributed by atoms with Crippen LogP contribution in [0.2, 0.25) is 0 Å². The molecule has 5 heteroatoms. The molecule has 3 aromatic rings. The second-order valence-electron chi connectivity index (χ2n) is 10.6. The van der Waals surface area contributed by atoms with Crippen LogP contribution >= 0.6 is 7.14 Å². The van der Waals surface area contributed by atoms with Crippen molar-refractivity contribution in [3.05, 3.63) is 95.6 Å². The van der Waals surface area contributed by atoms with Crippen molar-refractivity contribution in [3.63, 3.8) is 0 Å². The summed E-state index contributed by atoms with van der Waals surface area (Å²) in [6, 6.07) is 28.9. The average molecular weight is 517 g/mol. The van der Waals surface area contributed by atoms with Gasteiger partial charge in [0.25, 0.3) is 0 Å². The van der Waals surface area contributed by atoms with Crippen LogP contribution in [0.15, 0.2) is 78.9 Å². The molecule has 196 valence electrons. The summed E-state index contributed by atoms with van der Waals surface area (Å²) in [7, 11) is -0.625. The molecule has 0 radical (unpaired) electrons. The third-order valence-corrected chi connectivity index (χ3v) is 12.1. The van der Waals surface area contributed by atoms with Gasteiger partial charge in [-0.3, -0.25) is 4.90 Å². The third-order valence-electron chi connectivity index (χ3n) is 8.81. The lowest BCUT2D eigenvalue weighted by Crippen LogP contribution is -2.64. The van der Waals surface area contributed by atoms with Crippen LogP contribution in [0.25, 0.3) is 0 Å². The Bertz CT molecular complexity index is 1160. The lowest BCUT2D eigenvalue weighted by atomic mass is 9.70. The van der Waals surface area contributed by atoms with Gasteiger partial charge in [0.2, 0.25) is 0 Å². The molecule has 0 unspecified atom stereocenters. The first-order valence-corrected chi connectivity index (χ1v) is 16.0. The van der Waals surface area contributed by atoms with E-state index in [2.05, 4.69) is 76.9 Å². The summed E-state index contributed by atoms with van der Waals surface area (Å²) >= 11 is 0. The summed E-state index contributed by atoms with van der Waals surface area (Å²) in [4.78, 5) is 2.72. The van der Waals surface area contributed by atoms with Crippen molar-refractivity contribution in [2.75, 3.05) is 32.5 Å². The number of fused-ring (bicyclic) bond motifs is 3. The van der Waals surface area contributed by atoms with Gasteiger partial charge < -0.3 is 14.6 Å². The Morgan fingerprint density at radius 2 is 1.51 bits per heavy atom. The highest BCUT2D eigenvalue weighted by molar-refractivity contribution is 7.71. The molecule has 0 saturated carbocycles. The fraction of sp³-hybridized carbons (Fsp3) is 0.438. The standard InChI is InChI=1S/C32H41N2O2P/c1-4-37(35,5-2)28-16-17-29(36-3)27(22-28)23-33-31-26-18-20-34(21-19-26)32(31)30(24-12-8-6-9-13-24)25-14-10-7-11-15-25/h6-17,22,26,30-33H,4-5,18-21,23H2,1-3H3/t31-,32+/m0/s1. The number of nitrogens with zero attached hydrogens (tertiary/aromatic N) is 1. The Morgan fingerprint density at radius 1 is 0.919 bits per heavy atom. The van der Waals surface area contributed by atoms with E-state index in [-0.39, 0.29) is 0 Å². The van der Waals surface area contributed by atoms with E-state index >= 15 is 0 Å². The van der Waals surface area contributed by atoms with E-state index in [1.165, 1.54) is 37.1 Å². The number of nitrogens with one attached hydrogen (secondary N) is 1. The van der Waals surface area contributed by atoms with Gasteiger partial charge in [-0.15, -0.1) is 0 Å². The van der Waals surface area contributed by atoms with Crippen LogP contribution < -0.4 is 15.4 Å². The molecule has 0 aromatic heterocycles. The number of ether oxygens (including phenoxy) is 1. The van der Waals surface area contributed by atoms with Gasteiger partial charge >= 0.3 is 0 Å². The number of piperidine rings is 3. The minimum absolute atomic E-state index is 0.302. The van der Waals surface area contributed by atoms with E-state index < -0.39 is 7.14 Å². The molecule has 2 atom stereocenters. The van der Waals surface area contributed by atoms with Crippen LogP contribution in [0.5, 0.6) is 5.75 Å². The zero-order chi connectivity index (χ0) is 25.8. The molecule has 6 rings (SSSR count). The fourth-order valence-electron chi connectivity index (χ4n) is 6.67. The quantitative estimate of drug-likeness (QED) is 0.330. The molecule has 1 N–H and O–H groups in total. The molecule has 3 saturated heterocycles. The number of rotatable bonds is 10. The predicted octanol–water partition coefficient (Wildman–Crippen LogP) is 6.11. The summed E-state index contributed by atoms with van der Waals surface area (Å²) < 4.78 is 19.3. The second kappa shape index (κ2) is 11.6. The van der Waals surface area contributed by atoms with Gasteiger partial charge in [-0.2, -0.15) is 0 Å². The Morgan fingerprint density at radius 3 is 2.05 bits per heavy atom. The molecular weight excluding hydrogens is 475 g/mol. The zero-order valence-corrected chi connectivity index (χ0v) is 23.4. The number of benzene rings is 3. The van der Waals surface area contributed by atoms with Gasteiger partial charge in [0.1, 0.15) is 12.9 Å². The topological polar surface area (TPSA) is 41.6 Å². The molecule has 3 aliphatic rings. The van der Waals surface area contributed by atoms with Gasteiger partial charge in [-0.05, 0) is 61.2 Å². The number of hydrogen-bond acceptors (Lipinski definition) is 4. The molecule has 4 nitrogen and oxygen atoms in total. The maximum absolute atomic E-state index is 13.5. The van der Waals surface area contributed by atoms with E-state index in [0.29, 0.717) is 42.8 Å². The molecule has 3 fully saturated rings. The molecule has 3 aromatic carbocycles. The summed E-state index contributed by atoms with van der Waals surface area (Å²) in [5.41, 5.74) is 3.86. The summed E-state index contributed by atoms with van der Waals surface area (Å²) in [6.07, 6.45) is 3.87. The van der Waals surface area contributed by atoms with Crippen LogP contribution in [0.3, 0.4) is 0 Å². The highest BCUT2D eigenvalue weighted by Gasteiger charge is 2.46. The molecule has 3 heterocycles. The average Bonchev–Trinajstić information content (AvgIpc) is 2.97. The van der Waals surface area contributed by atoms with Crippen molar-refractivity contribution in [1.29, 1.82) is 0 Å². The number of hydrogen-bond donors (Lipinski definition) is 1. The maximum atomic E-state index is 13.5. The van der Waals surface area contributed by atoms with Crippen LogP contribution in [-0.2, 0) is 11.1 Å². The van der Waals surface area contributed by atoms with Crippen LogP contribution in [0, 0.1) is 5.92 Å². The largest absolute Gasteiger partial charge is 0.496 e. The van der Waals surface area contributed by atoms with E-state index in [4.69, 9.17) is 4.74 Å². The molecule has 37 heavy (non-hydrogen) atoms. The first-order chi connectivity index (χ1) is 18.1. The Labute approximate surface area is 222 Å². The van der Waals surface area contributed by atoms with Gasteiger partial charge in [-0.1, -0.05) is 74.5 Å². The summed E-state index contributed by atoms with van der Waals surface area (Å²) in [6.45, 7) is 7.12. The Hall–Kier alpha value is -2.39. The van der Waals surface area contributed by atoms with Gasteiger partial charge in [0, 0.05) is 47.7 Å². The first kappa shape index (κ1) is 26.2. The highest BCUT2D eigenvalue weighted by Crippen LogP contribution is 2.45. The highest BCUT2D eigenvalue weighted by atomic mass is 31.2. The first-order valence-electron chi connectivity index (χ1n) is 13.9. The monoisotopic (exact) mass is 516 g/mol. The van der Waals surface area contributed by atoms with Crippen molar-refractivity contribution < 1.29 is 9.30 Å². The fourth-order valence-corrected chi connectivity index (χ4v) is 8.58. The third kappa shape index (κ3) is 5.30. The minimum Gasteiger partial charge on any atom is -0.496 e. The molecule has 2 bridgehead atoms. The van der Waals surface area contributed by atoms with Crippen molar-refractivity contribution >= 4 is 12.4 Å². The SMILES string of the molecule is CCP(=O)(CC)c1ccc(OC)c(CN[C@H]2C3CCN(CC3)[C@@H]2C(c2ccccc2)c2ccccc2)c1. The van der Waals surface area contributed by atoms with Gasteiger partial charge in [-0.25, -0.2) is 0 Å². The molecular formula is C32H41N2O2P. The Balaban J connectivity index is 1.48. The van der Waals surface area contributed by atoms with Crippen molar-refractivity contribution in [3.8, 4) is 5.75 Å². The molecule has 0 aliphatic carbocycles. The lowest BCUT2D eigenvalue weighted by molar-refractivity contribution is 0.00462. The summed E-state index contributed by atoms with van der Waals surface area (Å²) in [5.74, 6) is 1.82. The van der Waals surface area contributed by atoms with E-state index in [0.717, 1.165) is 16.6 Å². The number of methoxy groups -OCH3 is 1. The zero-order valence-electron chi connectivity index (χ0n) is 22.5. The van der Waals surface area contributed by atoms with Crippen molar-refractivity contribution in [2.24, 2.45) is 5.92 Å². The van der Waals surface area contributed by atoms with Crippen LogP contribution in [-0.4, -0.2) is 49.5 Å². The van der Waals surface area contributed by atoms with Crippen molar-refractivity contribution in [1.82, 2.24) is 10.2 Å². The van der Waals surface area contributed by atoms with Crippen LogP contribution in [0.4, 0.5) is 0 Å².